The van der Waals surface area contributed by atoms with E-state index in [2.05, 4.69) is 0 Å². The summed E-state index contributed by atoms with van der Waals surface area (Å²) in [6, 6.07) is 3.48. The molecular formula is C23H32N2O8S2. The van der Waals surface area contributed by atoms with Crippen LogP contribution < -0.4 is 0 Å². The number of aliphatic carboxylic acids is 1. The smallest absolute Gasteiger partial charge is 0.313 e. The first-order valence-electron chi connectivity index (χ1n) is 11.3. The first-order valence-corrected chi connectivity index (χ1v) is 15.0. The van der Waals surface area contributed by atoms with E-state index in [1.807, 2.05) is 0 Å². The highest BCUT2D eigenvalue weighted by Crippen LogP contribution is 2.36. The lowest BCUT2D eigenvalue weighted by molar-refractivity contribution is -0.143. The number of rotatable bonds is 4. The Morgan fingerprint density at radius 1 is 0.857 bits per heavy atom. The van der Waals surface area contributed by atoms with E-state index in [-0.39, 0.29) is 11.9 Å². The molecule has 0 saturated carbocycles. The summed E-state index contributed by atoms with van der Waals surface area (Å²) in [5, 5.41) is 9.13. The SMILES string of the molecule is COC(=O)C1CCCc2c1cc(C)n2S(C)(=O)=O.Cc1cc2c(n1S(C)(=O)=O)CCCC2C(=O)O. The lowest BCUT2D eigenvalue weighted by Crippen LogP contribution is -2.22. The number of carbonyl (C=O) groups excluding carboxylic acids is 1. The van der Waals surface area contributed by atoms with E-state index in [0.29, 0.717) is 54.7 Å². The highest BCUT2D eigenvalue weighted by molar-refractivity contribution is 7.89. The molecule has 2 aromatic rings. The summed E-state index contributed by atoms with van der Waals surface area (Å²) in [4.78, 5) is 22.8. The van der Waals surface area contributed by atoms with Gasteiger partial charge in [-0.3, -0.25) is 9.59 Å². The van der Waals surface area contributed by atoms with Crippen LogP contribution in [0.25, 0.3) is 0 Å². The highest BCUT2D eigenvalue weighted by atomic mass is 32.2. The minimum absolute atomic E-state index is 0.290. The van der Waals surface area contributed by atoms with E-state index < -0.39 is 31.9 Å². The molecule has 0 aromatic carbocycles. The Kier molecular flexibility index (Phi) is 7.56. The van der Waals surface area contributed by atoms with Gasteiger partial charge in [-0.2, -0.15) is 0 Å². The first kappa shape index (κ1) is 27.0. The minimum Gasteiger partial charge on any atom is -0.481 e. The van der Waals surface area contributed by atoms with Crippen molar-refractivity contribution in [3.63, 3.8) is 0 Å². The van der Waals surface area contributed by atoms with Gasteiger partial charge in [0.15, 0.2) is 0 Å². The zero-order valence-corrected chi connectivity index (χ0v) is 22.2. The van der Waals surface area contributed by atoms with Gasteiger partial charge >= 0.3 is 11.9 Å². The predicted molar refractivity (Wildman–Crippen MR) is 130 cm³/mol. The molecule has 2 heterocycles. The molecule has 0 bridgehead atoms. The second-order valence-corrected chi connectivity index (χ2v) is 12.8. The molecule has 1 N–H and O–H groups in total. The number of hydrogen-bond donors (Lipinski definition) is 1. The van der Waals surface area contributed by atoms with Crippen LogP contribution in [-0.4, -0.2) is 61.4 Å². The number of ether oxygens (including phenoxy) is 1. The molecule has 0 aliphatic heterocycles. The van der Waals surface area contributed by atoms with Gasteiger partial charge in [0.25, 0.3) is 0 Å². The van der Waals surface area contributed by atoms with Crippen molar-refractivity contribution in [3.05, 3.63) is 46.0 Å². The van der Waals surface area contributed by atoms with Crippen molar-refractivity contribution < 1.29 is 36.3 Å². The third kappa shape index (κ3) is 5.32. The van der Waals surface area contributed by atoms with Crippen LogP contribution >= 0.6 is 0 Å². The second kappa shape index (κ2) is 9.81. The fourth-order valence-corrected chi connectivity index (χ4v) is 7.66. The minimum atomic E-state index is -3.36. The first-order chi connectivity index (χ1) is 16.2. The predicted octanol–water partition coefficient (Wildman–Crippen LogP) is 2.31. The maximum atomic E-state index is 11.8. The molecule has 2 aromatic heterocycles. The molecule has 0 radical (unpaired) electrons. The summed E-state index contributed by atoms with van der Waals surface area (Å²) in [7, 11) is -5.32. The summed E-state index contributed by atoms with van der Waals surface area (Å²) >= 11 is 0. The zero-order valence-electron chi connectivity index (χ0n) is 20.6. The number of esters is 1. The maximum absolute atomic E-state index is 11.8. The summed E-state index contributed by atoms with van der Waals surface area (Å²) in [5.74, 6) is -2.07. The Morgan fingerprint density at radius 3 is 1.63 bits per heavy atom. The average Bonchev–Trinajstić information content (AvgIpc) is 3.27. The molecule has 12 heteroatoms. The van der Waals surface area contributed by atoms with E-state index in [4.69, 9.17) is 9.84 Å². The van der Waals surface area contributed by atoms with E-state index in [0.717, 1.165) is 23.9 Å². The average molecular weight is 529 g/mol. The van der Waals surface area contributed by atoms with Crippen LogP contribution in [0.5, 0.6) is 0 Å². The van der Waals surface area contributed by atoms with Gasteiger partial charge in [0.2, 0.25) is 20.0 Å². The van der Waals surface area contributed by atoms with Crippen molar-refractivity contribution in [3.8, 4) is 0 Å². The number of hydrogen-bond acceptors (Lipinski definition) is 7. The largest absolute Gasteiger partial charge is 0.481 e. The van der Waals surface area contributed by atoms with Gasteiger partial charge in [-0.15, -0.1) is 0 Å². The van der Waals surface area contributed by atoms with Crippen LogP contribution in [0.2, 0.25) is 0 Å². The van der Waals surface area contributed by atoms with Gasteiger partial charge in [0.05, 0.1) is 31.5 Å². The monoisotopic (exact) mass is 528 g/mol. The van der Waals surface area contributed by atoms with Crippen molar-refractivity contribution in [2.45, 2.75) is 64.2 Å². The molecule has 0 fully saturated rings. The quantitative estimate of drug-likeness (QED) is 0.596. The molecule has 0 saturated heterocycles. The van der Waals surface area contributed by atoms with Gasteiger partial charge in [0.1, 0.15) is 0 Å². The van der Waals surface area contributed by atoms with Gasteiger partial charge in [-0.05, 0) is 75.6 Å². The van der Waals surface area contributed by atoms with Crippen LogP contribution in [0, 0.1) is 13.8 Å². The van der Waals surface area contributed by atoms with Crippen molar-refractivity contribution in [2.24, 2.45) is 0 Å². The molecule has 10 nitrogen and oxygen atoms in total. The topological polar surface area (TPSA) is 142 Å². The van der Waals surface area contributed by atoms with Gasteiger partial charge in [-0.1, -0.05) is 0 Å². The number of aryl methyl sites for hydroxylation is 2. The maximum Gasteiger partial charge on any atom is 0.313 e. The molecule has 4 rings (SSSR count). The molecule has 0 amide bonds. The van der Waals surface area contributed by atoms with Gasteiger partial charge in [-0.25, -0.2) is 24.8 Å². The van der Waals surface area contributed by atoms with Crippen LogP contribution in [0.3, 0.4) is 0 Å². The van der Waals surface area contributed by atoms with Crippen molar-refractivity contribution in [1.29, 1.82) is 0 Å². The fourth-order valence-electron chi connectivity index (χ4n) is 5.31. The molecular weight excluding hydrogens is 496 g/mol. The summed E-state index contributed by atoms with van der Waals surface area (Å²) in [5.41, 5.74) is 4.08. The van der Waals surface area contributed by atoms with E-state index in [9.17, 15) is 26.4 Å². The van der Waals surface area contributed by atoms with Crippen LogP contribution in [0.4, 0.5) is 0 Å². The standard InChI is InChI=1S/C12H17NO4S.C11H15NO4S/c1-8-7-10-9(12(14)17-2)5-4-6-11(10)13(8)18(3,15)16;1-7-6-9-8(11(13)14)4-3-5-10(9)12(7)17(2,15)16/h7,9H,4-6H2,1-3H3;6,8H,3-5H2,1-2H3,(H,13,14). The molecule has 0 spiro atoms. The Morgan fingerprint density at radius 2 is 1.26 bits per heavy atom. The van der Waals surface area contributed by atoms with E-state index >= 15 is 0 Å². The Labute approximate surface area is 206 Å². The number of carbonyl (C=O) groups is 2. The normalized spacial score (nSPS) is 19.7. The number of fused-ring (bicyclic) bond motifs is 2. The van der Waals surface area contributed by atoms with E-state index in [1.165, 1.54) is 21.3 Å². The van der Waals surface area contributed by atoms with Crippen LogP contribution in [0.15, 0.2) is 12.1 Å². The molecule has 2 unspecified atom stereocenters. The Bertz CT molecular complexity index is 1370. The third-order valence-corrected chi connectivity index (χ3v) is 8.88. The molecule has 2 atom stereocenters. The third-order valence-electron chi connectivity index (χ3n) is 6.54. The number of carboxylic acids is 1. The molecule has 2 aliphatic rings. The lowest BCUT2D eigenvalue weighted by atomic mass is 9.87. The second-order valence-electron chi connectivity index (χ2n) is 9.18. The Hall–Kier alpha value is -2.60. The summed E-state index contributed by atoms with van der Waals surface area (Å²) < 4.78 is 54.3. The Balaban J connectivity index is 0.000000196. The van der Waals surface area contributed by atoms with Crippen LogP contribution in [-0.2, 0) is 47.2 Å². The fraction of sp³-hybridized carbons (Fsp3) is 0.565. The summed E-state index contributed by atoms with van der Waals surface area (Å²) in [6.07, 6.45) is 6.44. The van der Waals surface area contributed by atoms with Gasteiger partial charge < -0.3 is 9.84 Å². The molecule has 35 heavy (non-hydrogen) atoms. The highest BCUT2D eigenvalue weighted by Gasteiger charge is 2.33. The molecule has 194 valence electrons. The van der Waals surface area contributed by atoms with Crippen molar-refractivity contribution >= 4 is 32.0 Å². The number of methoxy groups -OCH3 is 1. The van der Waals surface area contributed by atoms with Crippen molar-refractivity contribution in [2.75, 3.05) is 19.6 Å². The van der Waals surface area contributed by atoms with Crippen LogP contribution in [0.1, 0.15) is 71.4 Å². The van der Waals surface area contributed by atoms with Crippen molar-refractivity contribution in [1.82, 2.24) is 7.94 Å². The number of aromatic nitrogens is 2. The number of carboxylic acid groups (broad SMARTS) is 1. The molecule has 2 aliphatic carbocycles. The summed E-state index contributed by atoms with van der Waals surface area (Å²) in [6.45, 7) is 3.44. The lowest BCUT2D eigenvalue weighted by Gasteiger charge is -2.21. The number of nitrogens with zero attached hydrogens (tertiary/aromatic N) is 2. The van der Waals surface area contributed by atoms with Gasteiger partial charge in [0, 0.05) is 22.8 Å². The van der Waals surface area contributed by atoms with E-state index in [1.54, 1.807) is 26.0 Å². The zero-order chi connectivity index (χ0) is 26.3.